The predicted molar refractivity (Wildman–Crippen MR) is 111 cm³/mol. The maximum atomic E-state index is 13.2. The van der Waals surface area contributed by atoms with Crippen molar-refractivity contribution in [2.45, 2.75) is 33.9 Å². The van der Waals surface area contributed by atoms with Crippen LogP contribution in [-0.4, -0.2) is 35.4 Å². The number of aromatic nitrogens is 5. The molecule has 150 valence electrons. The topological polar surface area (TPSA) is 96.3 Å². The SMILES string of the molecule is Cc1ncc(C(=O)N2Cc3nc4c(-c5ccccc5)c(C)[nH]n4c(=O)c3C2)c(C)n1. The molecule has 4 aromatic rings. The minimum atomic E-state index is -0.196. The minimum absolute atomic E-state index is 0.174. The molecule has 30 heavy (non-hydrogen) atoms. The van der Waals surface area contributed by atoms with Gasteiger partial charge in [-0.1, -0.05) is 30.3 Å². The van der Waals surface area contributed by atoms with Gasteiger partial charge in [0.15, 0.2) is 5.65 Å². The number of aromatic amines is 1. The number of carbonyl (C=O) groups excluding carboxylic acids is 1. The molecule has 0 bridgehead atoms. The van der Waals surface area contributed by atoms with Crippen LogP contribution in [0.4, 0.5) is 0 Å². The number of aryl methyl sites for hydroxylation is 3. The molecule has 0 spiro atoms. The van der Waals surface area contributed by atoms with Gasteiger partial charge in [-0.15, -0.1) is 0 Å². The van der Waals surface area contributed by atoms with Gasteiger partial charge in [0.25, 0.3) is 11.5 Å². The Bertz CT molecular complexity index is 1370. The molecule has 3 aromatic heterocycles. The Labute approximate surface area is 172 Å². The van der Waals surface area contributed by atoms with E-state index in [4.69, 9.17) is 4.98 Å². The van der Waals surface area contributed by atoms with E-state index in [0.717, 1.165) is 16.8 Å². The number of benzene rings is 1. The number of hydrogen-bond acceptors (Lipinski definition) is 5. The molecule has 1 amide bonds. The fourth-order valence-electron chi connectivity index (χ4n) is 4.04. The van der Waals surface area contributed by atoms with Crippen molar-refractivity contribution in [1.29, 1.82) is 0 Å². The van der Waals surface area contributed by atoms with Gasteiger partial charge in [-0.2, -0.15) is 0 Å². The highest BCUT2D eigenvalue weighted by Gasteiger charge is 2.31. The second-order valence-corrected chi connectivity index (χ2v) is 7.56. The van der Waals surface area contributed by atoms with E-state index < -0.39 is 0 Å². The van der Waals surface area contributed by atoms with Crippen LogP contribution >= 0.6 is 0 Å². The van der Waals surface area contributed by atoms with Gasteiger partial charge in [-0.25, -0.2) is 19.5 Å². The highest BCUT2D eigenvalue weighted by atomic mass is 16.2. The first-order valence-corrected chi connectivity index (χ1v) is 9.72. The lowest BCUT2D eigenvalue weighted by Crippen LogP contribution is -2.27. The summed E-state index contributed by atoms with van der Waals surface area (Å²) in [6.07, 6.45) is 1.55. The average molecular weight is 400 g/mol. The summed E-state index contributed by atoms with van der Waals surface area (Å²) in [4.78, 5) is 41.0. The van der Waals surface area contributed by atoms with E-state index in [1.54, 1.807) is 24.9 Å². The molecule has 1 aliphatic heterocycles. The number of fused-ring (bicyclic) bond motifs is 2. The Morgan fingerprint density at radius 2 is 1.83 bits per heavy atom. The first-order valence-electron chi connectivity index (χ1n) is 9.72. The summed E-state index contributed by atoms with van der Waals surface area (Å²) in [7, 11) is 0. The highest BCUT2D eigenvalue weighted by Crippen LogP contribution is 2.28. The Hall–Kier alpha value is -3.81. The first kappa shape index (κ1) is 18.2. The summed E-state index contributed by atoms with van der Waals surface area (Å²) in [6.45, 7) is 6.00. The third-order valence-corrected chi connectivity index (χ3v) is 5.51. The number of carbonyl (C=O) groups is 1. The molecule has 0 saturated heterocycles. The number of nitrogens with zero attached hydrogens (tertiary/aromatic N) is 5. The fourth-order valence-corrected chi connectivity index (χ4v) is 4.04. The third-order valence-electron chi connectivity index (χ3n) is 5.51. The molecule has 0 saturated carbocycles. The predicted octanol–water partition coefficient (Wildman–Crippen LogP) is 2.56. The Morgan fingerprint density at radius 3 is 2.57 bits per heavy atom. The number of hydrogen-bond donors (Lipinski definition) is 1. The van der Waals surface area contributed by atoms with Crippen molar-refractivity contribution in [2.24, 2.45) is 0 Å². The van der Waals surface area contributed by atoms with E-state index >= 15 is 0 Å². The number of amides is 1. The molecular formula is C22H20N6O2. The molecule has 1 N–H and O–H groups in total. The van der Waals surface area contributed by atoms with Gasteiger partial charge in [0.05, 0.1) is 35.6 Å². The molecule has 0 unspecified atom stereocenters. The molecule has 0 aliphatic carbocycles. The van der Waals surface area contributed by atoms with Gasteiger partial charge in [-0.05, 0) is 26.3 Å². The Morgan fingerprint density at radius 1 is 1.07 bits per heavy atom. The summed E-state index contributed by atoms with van der Waals surface area (Å²) in [5.41, 5.74) is 5.39. The van der Waals surface area contributed by atoms with Crippen molar-refractivity contribution >= 4 is 11.6 Å². The summed E-state index contributed by atoms with van der Waals surface area (Å²) < 4.78 is 1.48. The molecule has 0 radical (unpaired) electrons. The van der Waals surface area contributed by atoms with Crippen molar-refractivity contribution in [2.75, 3.05) is 0 Å². The van der Waals surface area contributed by atoms with Gasteiger partial charge in [0, 0.05) is 17.5 Å². The zero-order valence-corrected chi connectivity index (χ0v) is 16.9. The maximum absolute atomic E-state index is 13.2. The smallest absolute Gasteiger partial charge is 0.278 e. The van der Waals surface area contributed by atoms with Crippen LogP contribution in [0.2, 0.25) is 0 Å². The molecule has 8 heteroatoms. The van der Waals surface area contributed by atoms with Crippen molar-refractivity contribution in [3.63, 3.8) is 0 Å². The van der Waals surface area contributed by atoms with Gasteiger partial charge in [0.1, 0.15) is 5.82 Å². The standard InChI is InChI=1S/C22H20N6O2/c1-12-16(9-23-14(3)24-12)21(29)27-10-17-18(11-27)25-20-19(15-7-5-4-6-8-15)13(2)26-28(20)22(17)30/h4-9,26H,10-11H2,1-3H3. The molecule has 8 nitrogen and oxygen atoms in total. The quantitative estimate of drug-likeness (QED) is 0.558. The van der Waals surface area contributed by atoms with Crippen molar-refractivity contribution in [1.82, 2.24) is 29.5 Å². The second kappa shape index (κ2) is 6.62. The van der Waals surface area contributed by atoms with Crippen LogP contribution < -0.4 is 5.56 Å². The van der Waals surface area contributed by atoms with Gasteiger partial charge < -0.3 is 4.90 Å². The fraction of sp³-hybridized carbons (Fsp3) is 0.227. The van der Waals surface area contributed by atoms with E-state index in [2.05, 4.69) is 15.1 Å². The number of H-pyrrole nitrogens is 1. The van der Waals surface area contributed by atoms with Crippen molar-refractivity contribution < 1.29 is 4.79 Å². The lowest BCUT2D eigenvalue weighted by molar-refractivity contribution is 0.0748. The minimum Gasteiger partial charge on any atom is -0.328 e. The van der Waals surface area contributed by atoms with Crippen LogP contribution in [0, 0.1) is 20.8 Å². The number of rotatable bonds is 2. The Kier molecular flexibility index (Phi) is 4.02. The molecule has 1 aliphatic rings. The van der Waals surface area contributed by atoms with Crippen LogP contribution in [0.1, 0.15) is 38.8 Å². The van der Waals surface area contributed by atoms with E-state index in [-0.39, 0.29) is 24.6 Å². The van der Waals surface area contributed by atoms with Gasteiger partial charge >= 0.3 is 0 Å². The van der Waals surface area contributed by atoms with Crippen molar-refractivity contribution in [3.8, 4) is 11.1 Å². The summed E-state index contributed by atoms with van der Waals surface area (Å²) in [5, 5.41) is 3.13. The van der Waals surface area contributed by atoms with Crippen LogP contribution in [-0.2, 0) is 13.1 Å². The van der Waals surface area contributed by atoms with E-state index in [1.807, 2.05) is 37.3 Å². The van der Waals surface area contributed by atoms with Crippen LogP contribution in [0.3, 0.4) is 0 Å². The van der Waals surface area contributed by atoms with Gasteiger partial charge in [0.2, 0.25) is 0 Å². The first-order chi connectivity index (χ1) is 14.4. The number of nitrogens with one attached hydrogen (secondary N) is 1. The summed E-state index contributed by atoms with van der Waals surface area (Å²) >= 11 is 0. The lowest BCUT2D eigenvalue weighted by atomic mass is 10.1. The monoisotopic (exact) mass is 400 g/mol. The lowest BCUT2D eigenvalue weighted by Gasteiger charge is -2.15. The zero-order valence-electron chi connectivity index (χ0n) is 16.9. The molecule has 1 aromatic carbocycles. The largest absolute Gasteiger partial charge is 0.328 e. The van der Waals surface area contributed by atoms with Crippen LogP contribution in [0.5, 0.6) is 0 Å². The second-order valence-electron chi connectivity index (χ2n) is 7.56. The van der Waals surface area contributed by atoms with Crippen LogP contribution in [0.15, 0.2) is 41.3 Å². The van der Waals surface area contributed by atoms with E-state index in [1.165, 1.54) is 4.52 Å². The summed E-state index contributed by atoms with van der Waals surface area (Å²) in [5.74, 6) is 0.421. The normalized spacial score (nSPS) is 13.1. The zero-order chi connectivity index (χ0) is 21.0. The maximum Gasteiger partial charge on any atom is 0.278 e. The Balaban J connectivity index is 1.58. The average Bonchev–Trinajstić information content (AvgIpc) is 3.30. The van der Waals surface area contributed by atoms with Crippen LogP contribution in [0.25, 0.3) is 16.8 Å². The van der Waals surface area contributed by atoms with Crippen molar-refractivity contribution in [3.05, 3.63) is 80.9 Å². The molecule has 4 heterocycles. The van der Waals surface area contributed by atoms with E-state index in [0.29, 0.717) is 34.0 Å². The molecule has 0 fully saturated rings. The molecule has 5 rings (SSSR count). The summed E-state index contributed by atoms with van der Waals surface area (Å²) in [6, 6.07) is 9.84. The van der Waals surface area contributed by atoms with E-state index in [9.17, 15) is 9.59 Å². The highest BCUT2D eigenvalue weighted by molar-refractivity contribution is 5.95. The molecule has 0 atom stereocenters. The molecular weight excluding hydrogens is 380 g/mol. The third kappa shape index (κ3) is 2.72. The van der Waals surface area contributed by atoms with Gasteiger partial charge in [-0.3, -0.25) is 14.7 Å².